The third-order valence-corrected chi connectivity index (χ3v) is 3.83. The van der Waals surface area contributed by atoms with Crippen LogP contribution in [0.25, 0.3) is 0 Å². The van der Waals surface area contributed by atoms with Crippen LogP contribution < -0.4 is 0 Å². The Morgan fingerprint density at radius 2 is 1.90 bits per heavy atom. The van der Waals surface area contributed by atoms with E-state index in [0.717, 1.165) is 5.56 Å². The third-order valence-electron chi connectivity index (χ3n) is 3.21. The lowest BCUT2D eigenvalue weighted by Crippen LogP contribution is -2.45. The molecule has 1 rings (SSSR count). The normalized spacial score (nSPS) is 13.6. The van der Waals surface area contributed by atoms with Crippen LogP contribution in [0.2, 0.25) is 0 Å². The molecule has 1 unspecified atom stereocenters. The molecule has 0 aromatic heterocycles. The summed E-state index contributed by atoms with van der Waals surface area (Å²) in [6, 6.07) is 7.01. The Balaban J connectivity index is 3.31. The first-order valence-corrected chi connectivity index (χ1v) is 7.85. The summed E-state index contributed by atoms with van der Waals surface area (Å²) in [6.07, 6.45) is 2.10. The molecular formula is C15H20O4S. The summed E-state index contributed by atoms with van der Waals surface area (Å²) in [5.74, 6) is -1.28. The fraction of sp³-hybridized carbons (Fsp3) is 0.467. The van der Waals surface area contributed by atoms with E-state index in [1.807, 2.05) is 25.3 Å². The first-order chi connectivity index (χ1) is 9.48. The number of hydrogen-bond acceptors (Lipinski definition) is 4. The first kappa shape index (κ1) is 16.6. The zero-order valence-corrected chi connectivity index (χ0v) is 12.8. The molecule has 0 aliphatic rings. The van der Waals surface area contributed by atoms with Crippen LogP contribution in [-0.2, 0) is 19.7 Å². The van der Waals surface area contributed by atoms with E-state index in [4.69, 9.17) is 4.74 Å². The fourth-order valence-electron chi connectivity index (χ4n) is 2.03. The number of carboxylic acids is 1. The highest BCUT2D eigenvalue weighted by molar-refractivity contribution is 7.98. The number of aryl methyl sites for hydroxylation is 1. The molecule has 0 fully saturated rings. The Bertz CT molecular complexity index is 469. The molecule has 0 saturated carbocycles. The summed E-state index contributed by atoms with van der Waals surface area (Å²) in [5.41, 5.74) is -0.128. The molecular weight excluding hydrogens is 276 g/mol. The SMILES string of the molecule is CCOC(=O)C(CCSC)(C(=O)O)c1ccc(C)cc1. The van der Waals surface area contributed by atoms with Crippen molar-refractivity contribution in [3.8, 4) is 0 Å². The van der Waals surface area contributed by atoms with Gasteiger partial charge in [0.1, 0.15) is 0 Å². The lowest BCUT2D eigenvalue weighted by molar-refractivity contribution is -0.161. The molecule has 0 aliphatic heterocycles. The van der Waals surface area contributed by atoms with Gasteiger partial charge in [-0.15, -0.1) is 0 Å². The van der Waals surface area contributed by atoms with Crippen LogP contribution in [0.1, 0.15) is 24.5 Å². The molecule has 20 heavy (non-hydrogen) atoms. The second-order valence-electron chi connectivity index (χ2n) is 4.54. The molecule has 1 N–H and O–H groups in total. The molecule has 0 radical (unpaired) electrons. The second kappa shape index (κ2) is 7.33. The number of carbonyl (C=O) groups is 2. The van der Waals surface area contributed by atoms with E-state index < -0.39 is 17.4 Å². The zero-order chi connectivity index (χ0) is 15.2. The Hall–Kier alpha value is -1.49. The van der Waals surface area contributed by atoms with E-state index in [-0.39, 0.29) is 13.0 Å². The van der Waals surface area contributed by atoms with Crippen LogP contribution in [0.5, 0.6) is 0 Å². The van der Waals surface area contributed by atoms with Crippen LogP contribution in [0, 0.1) is 6.92 Å². The van der Waals surface area contributed by atoms with Gasteiger partial charge in [0.15, 0.2) is 5.41 Å². The standard InChI is InChI=1S/C15H20O4S/c1-4-19-14(18)15(13(16)17,9-10-20-3)12-7-5-11(2)6-8-12/h5-8H,4,9-10H2,1-3H3,(H,16,17). The number of carbonyl (C=O) groups excluding carboxylic acids is 1. The molecule has 0 amide bonds. The Labute approximate surface area is 123 Å². The topological polar surface area (TPSA) is 63.6 Å². The van der Waals surface area contributed by atoms with Crippen molar-refractivity contribution in [1.82, 2.24) is 0 Å². The quantitative estimate of drug-likeness (QED) is 0.619. The molecule has 0 heterocycles. The number of hydrogen-bond donors (Lipinski definition) is 1. The maximum atomic E-state index is 12.3. The van der Waals surface area contributed by atoms with Gasteiger partial charge in [0, 0.05) is 0 Å². The van der Waals surface area contributed by atoms with Gasteiger partial charge < -0.3 is 9.84 Å². The van der Waals surface area contributed by atoms with Crippen molar-refractivity contribution in [2.24, 2.45) is 0 Å². The van der Waals surface area contributed by atoms with E-state index in [1.54, 1.807) is 19.1 Å². The molecule has 0 saturated heterocycles. The molecule has 110 valence electrons. The molecule has 5 heteroatoms. The van der Waals surface area contributed by atoms with Crippen molar-refractivity contribution in [3.63, 3.8) is 0 Å². The van der Waals surface area contributed by atoms with E-state index in [1.165, 1.54) is 11.8 Å². The molecule has 0 aliphatic carbocycles. The predicted octanol–water partition coefficient (Wildman–Crippen LogP) is 2.63. The zero-order valence-electron chi connectivity index (χ0n) is 12.0. The minimum absolute atomic E-state index is 0.166. The number of ether oxygens (including phenoxy) is 1. The lowest BCUT2D eigenvalue weighted by Gasteiger charge is -2.27. The van der Waals surface area contributed by atoms with E-state index >= 15 is 0 Å². The number of benzene rings is 1. The highest BCUT2D eigenvalue weighted by Gasteiger charge is 2.48. The summed E-state index contributed by atoms with van der Waals surface area (Å²) in [7, 11) is 0. The van der Waals surface area contributed by atoms with Crippen molar-refractivity contribution in [3.05, 3.63) is 35.4 Å². The van der Waals surface area contributed by atoms with Crippen LogP contribution in [0.15, 0.2) is 24.3 Å². The fourth-order valence-corrected chi connectivity index (χ4v) is 2.54. The van der Waals surface area contributed by atoms with Gasteiger partial charge in [0.2, 0.25) is 0 Å². The maximum absolute atomic E-state index is 12.3. The highest BCUT2D eigenvalue weighted by Crippen LogP contribution is 2.32. The number of thioether (sulfide) groups is 1. The van der Waals surface area contributed by atoms with E-state index in [0.29, 0.717) is 11.3 Å². The summed E-state index contributed by atoms with van der Waals surface area (Å²) >= 11 is 1.51. The lowest BCUT2D eigenvalue weighted by atomic mass is 9.78. The van der Waals surface area contributed by atoms with Gasteiger partial charge in [-0.1, -0.05) is 29.8 Å². The van der Waals surface area contributed by atoms with Crippen LogP contribution in [0.4, 0.5) is 0 Å². The summed E-state index contributed by atoms with van der Waals surface area (Å²) in [5, 5.41) is 9.66. The van der Waals surface area contributed by atoms with Gasteiger partial charge in [0.25, 0.3) is 0 Å². The van der Waals surface area contributed by atoms with E-state index in [9.17, 15) is 14.7 Å². The predicted molar refractivity (Wildman–Crippen MR) is 80.1 cm³/mol. The van der Waals surface area contributed by atoms with Crippen molar-refractivity contribution >= 4 is 23.7 Å². The monoisotopic (exact) mass is 296 g/mol. The van der Waals surface area contributed by atoms with Gasteiger partial charge in [0.05, 0.1) is 6.61 Å². The molecule has 1 aromatic rings. The molecule has 0 bridgehead atoms. The number of esters is 1. The number of carboxylic acid groups (broad SMARTS) is 1. The molecule has 4 nitrogen and oxygen atoms in total. The largest absolute Gasteiger partial charge is 0.480 e. The highest BCUT2D eigenvalue weighted by atomic mass is 32.2. The minimum Gasteiger partial charge on any atom is -0.480 e. The smallest absolute Gasteiger partial charge is 0.328 e. The summed E-state index contributed by atoms with van der Waals surface area (Å²) in [6.45, 7) is 3.76. The van der Waals surface area contributed by atoms with Gasteiger partial charge in [-0.25, -0.2) is 0 Å². The van der Waals surface area contributed by atoms with Crippen molar-refractivity contribution in [2.75, 3.05) is 18.6 Å². The Kier molecular flexibility index (Phi) is 6.07. The average Bonchev–Trinajstić information content (AvgIpc) is 2.41. The first-order valence-electron chi connectivity index (χ1n) is 6.45. The Morgan fingerprint density at radius 1 is 1.30 bits per heavy atom. The maximum Gasteiger partial charge on any atom is 0.328 e. The van der Waals surface area contributed by atoms with Crippen LogP contribution in [0.3, 0.4) is 0 Å². The third kappa shape index (κ3) is 3.33. The van der Waals surface area contributed by atoms with Gasteiger partial charge in [-0.3, -0.25) is 9.59 Å². The Morgan fingerprint density at radius 3 is 2.35 bits per heavy atom. The van der Waals surface area contributed by atoms with Gasteiger partial charge in [-0.2, -0.15) is 11.8 Å². The van der Waals surface area contributed by atoms with Gasteiger partial charge in [-0.05, 0) is 37.8 Å². The molecule has 1 atom stereocenters. The second-order valence-corrected chi connectivity index (χ2v) is 5.53. The summed E-state index contributed by atoms with van der Waals surface area (Å²) in [4.78, 5) is 24.1. The number of rotatable bonds is 7. The molecule has 0 spiro atoms. The van der Waals surface area contributed by atoms with Gasteiger partial charge >= 0.3 is 11.9 Å². The van der Waals surface area contributed by atoms with E-state index in [2.05, 4.69) is 0 Å². The average molecular weight is 296 g/mol. The van der Waals surface area contributed by atoms with Crippen LogP contribution in [-0.4, -0.2) is 35.7 Å². The number of aliphatic carboxylic acids is 1. The van der Waals surface area contributed by atoms with Crippen molar-refractivity contribution < 1.29 is 19.4 Å². The summed E-state index contributed by atoms with van der Waals surface area (Å²) < 4.78 is 5.02. The minimum atomic E-state index is -1.62. The molecule has 1 aromatic carbocycles. The van der Waals surface area contributed by atoms with Crippen LogP contribution >= 0.6 is 11.8 Å². The van der Waals surface area contributed by atoms with Crippen molar-refractivity contribution in [1.29, 1.82) is 0 Å². The van der Waals surface area contributed by atoms with Crippen molar-refractivity contribution in [2.45, 2.75) is 25.7 Å².